The summed E-state index contributed by atoms with van der Waals surface area (Å²) in [7, 11) is 0. The van der Waals surface area contributed by atoms with E-state index >= 15 is 0 Å². The van der Waals surface area contributed by atoms with Crippen molar-refractivity contribution in [2.45, 2.75) is 13.5 Å². The number of ether oxygens (including phenoxy) is 2. The van der Waals surface area contributed by atoms with Crippen molar-refractivity contribution in [3.8, 4) is 5.75 Å². The van der Waals surface area contributed by atoms with E-state index in [-0.39, 0.29) is 0 Å². The normalized spacial score (nSPS) is 11.0. The lowest BCUT2D eigenvalue weighted by Gasteiger charge is -2.06. The number of rotatable bonds is 5. The molecule has 0 unspecified atom stereocenters. The van der Waals surface area contributed by atoms with Crippen molar-refractivity contribution in [1.82, 2.24) is 9.97 Å². The van der Waals surface area contributed by atoms with Gasteiger partial charge in [0.1, 0.15) is 18.1 Å². The fourth-order valence-corrected chi connectivity index (χ4v) is 2.93. The summed E-state index contributed by atoms with van der Waals surface area (Å²) in [5, 5.41) is 1.90. The maximum atomic E-state index is 12.0. The highest BCUT2D eigenvalue weighted by Gasteiger charge is 2.12. The maximum Gasteiger partial charge on any atom is 0.356 e. The molecule has 5 heteroatoms. The number of aromatic amines is 1. The highest BCUT2D eigenvalue weighted by molar-refractivity contribution is 6.09. The Labute approximate surface area is 150 Å². The minimum Gasteiger partial charge on any atom is -0.489 e. The summed E-state index contributed by atoms with van der Waals surface area (Å²) in [4.78, 5) is 19.4. The second-order valence-electron chi connectivity index (χ2n) is 5.94. The number of carbonyl (C=O) groups excluding carboxylic acids is 1. The molecule has 0 amide bonds. The zero-order valence-corrected chi connectivity index (χ0v) is 14.4. The van der Waals surface area contributed by atoms with Gasteiger partial charge in [0.05, 0.1) is 18.3 Å². The van der Waals surface area contributed by atoms with Gasteiger partial charge in [-0.05, 0) is 36.8 Å². The lowest BCUT2D eigenvalue weighted by atomic mass is 10.1. The molecule has 2 aromatic heterocycles. The Kier molecular flexibility index (Phi) is 4.27. The van der Waals surface area contributed by atoms with Crippen molar-refractivity contribution in [3.05, 3.63) is 72.1 Å². The molecule has 130 valence electrons. The van der Waals surface area contributed by atoms with E-state index in [1.807, 2.05) is 48.5 Å². The first-order valence-electron chi connectivity index (χ1n) is 8.50. The molecule has 0 aliphatic heterocycles. The number of pyridine rings is 1. The SMILES string of the molecule is CCOC(=O)c1cc2c(cn1)[nH]c1ccc(OCc3ccccc3)cc12. The van der Waals surface area contributed by atoms with E-state index < -0.39 is 5.97 Å². The molecule has 2 aromatic carbocycles. The van der Waals surface area contributed by atoms with Crippen LogP contribution in [-0.2, 0) is 11.3 Å². The fraction of sp³-hybridized carbons (Fsp3) is 0.143. The molecule has 0 aliphatic carbocycles. The smallest absolute Gasteiger partial charge is 0.356 e. The van der Waals surface area contributed by atoms with Gasteiger partial charge in [0.2, 0.25) is 0 Å². The first-order chi connectivity index (χ1) is 12.7. The molecule has 0 spiro atoms. The summed E-state index contributed by atoms with van der Waals surface area (Å²) >= 11 is 0. The molecule has 0 atom stereocenters. The Hall–Kier alpha value is -3.34. The molecule has 0 saturated carbocycles. The number of fused-ring (bicyclic) bond motifs is 3. The second kappa shape index (κ2) is 6.88. The van der Waals surface area contributed by atoms with Gasteiger partial charge in [0.25, 0.3) is 0 Å². The standard InChI is InChI=1S/C21H18N2O3/c1-2-25-21(24)19-11-17-16-10-15(26-13-14-6-4-3-5-7-14)8-9-18(16)23-20(17)12-22-19/h3-12,23H,2,13H2,1H3. The topological polar surface area (TPSA) is 64.2 Å². The molecular weight excluding hydrogens is 328 g/mol. The van der Waals surface area contributed by atoms with Gasteiger partial charge in [0.15, 0.2) is 0 Å². The molecule has 0 bridgehead atoms. The Balaban J connectivity index is 1.68. The predicted octanol–water partition coefficient (Wildman–Crippen LogP) is 4.47. The van der Waals surface area contributed by atoms with Gasteiger partial charge >= 0.3 is 5.97 Å². The van der Waals surface area contributed by atoms with Gasteiger partial charge in [0, 0.05) is 16.3 Å². The van der Waals surface area contributed by atoms with Crippen LogP contribution in [0.3, 0.4) is 0 Å². The number of carbonyl (C=O) groups is 1. The van der Waals surface area contributed by atoms with E-state index in [2.05, 4.69) is 9.97 Å². The van der Waals surface area contributed by atoms with E-state index in [0.717, 1.165) is 33.1 Å². The summed E-state index contributed by atoms with van der Waals surface area (Å²) in [6, 6.07) is 17.7. The van der Waals surface area contributed by atoms with Gasteiger partial charge in [-0.25, -0.2) is 9.78 Å². The molecular formula is C21H18N2O3. The number of hydrogen-bond donors (Lipinski definition) is 1. The van der Waals surface area contributed by atoms with Crippen molar-refractivity contribution in [2.75, 3.05) is 6.61 Å². The number of nitrogens with zero attached hydrogens (tertiary/aromatic N) is 1. The minimum absolute atomic E-state index is 0.302. The van der Waals surface area contributed by atoms with Crippen molar-refractivity contribution < 1.29 is 14.3 Å². The molecule has 4 rings (SSSR count). The van der Waals surface area contributed by atoms with Crippen molar-refractivity contribution in [2.24, 2.45) is 0 Å². The number of esters is 1. The van der Waals surface area contributed by atoms with E-state index in [9.17, 15) is 4.79 Å². The van der Waals surface area contributed by atoms with Crippen molar-refractivity contribution in [1.29, 1.82) is 0 Å². The third kappa shape index (κ3) is 3.11. The van der Waals surface area contributed by atoms with Crippen LogP contribution in [-0.4, -0.2) is 22.5 Å². The molecule has 0 radical (unpaired) electrons. The van der Waals surface area contributed by atoms with Crippen LogP contribution < -0.4 is 4.74 Å². The first kappa shape index (κ1) is 16.1. The van der Waals surface area contributed by atoms with Gasteiger partial charge in [-0.15, -0.1) is 0 Å². The quantitative estimate of drug-likeness (QED) is 0.542. The van der Waals surface area contributed by atoms with Crippen molar-refractivity contribution >= 4 is 27.8 Å². The highest BCUT2D eigenvalue weighted by atomic mass is 16.5. The van der Waals surface area contributed by atoms with Crippen LogP contribution in [0.15, 0.2) is 60.8 Å². The van der Waals surface area contributed by atoms with Gasteiger partial charge in [-0.2, -0.15) is 0 Å². The maximum absolute atomic E-state index is 12.0. The van der Waals surface area contributed by atoms with E-state index in [0.29, 0.717) is 18.9 Å². The zero-order valence-electron chi connectivity index (χ0n) is 14.4. The molecule has 0 saturated heterocycles. The van der Waals surface area contributed by atoms with Gasteiger partial charge in [-0.3, -0.25) is 0 Å². The van der Waals surface area contributed by atoms with Crippen LogP contribution in [0.5, 0.6) is 5.75 Å². The zero-order chi connectivity index (χ0) is 17.9. The number of aromatic nitrogens is 2. The number of nitrogens with one attached hydrogen (secondary N) is 1. The summed E-state index contributed by atoms with van der Waals surface area (Å²) in [6.07, 6.45) is 1.66. The van der Waals surface area contributed by atoms with Crippen LogP contribution in [0.1, 0.15) is 23.0 Å². The Bertz CT molecular complexity index is 1070. The van der Waals surface area contributed by atoms with Gasteiger partial charge in [-0.1, -0.05) is 30.3 Å². The van der Waals surface area contributed by atoms with Crippen LogP contribution in [0.4, 0.5) is 0 Å². The lowest BCUT2D eigenvalue weighted by molar-refractivity contribution is 0.0520. The largest absolute Gasteiger partial charge is 0.489 e. The monoisotopic (exact) mass is 346 g/mol. The summed E-state index contributed by atoms with van der Waals surface area (Å²) in [5.74, 6) is 0.358. The third-order valence-corrected chi connectivity index (χ3v) is 4.19. The molecule has 0 aliphatic rings. The van der Waals surface area contributed by atoms with Crippen LogP contribution in [0, 0.1) is 0 Å². The minimum atomic E-state index is -0.416. The Morgan fingerprint density at radius 2 is 1.85 bits per heavy atom. The lowest BCUT2D eigenvalue weighted by Crippen LogP contribution is -2.06. The third-order valence-electron chi connectivity index (χ3n) is 4.19. The number of H-pyrrole nitrogens is 1. The van der Waals surface area contributed by atoms with Crippen molar-refractivity contribution in [3.63, 3.8) is 0 Å². The molecule has 1 N–H and O–H groups in total. The Morgan fingerprint density at radius 1 is 1.04 bits per heavy atom. The molecule has 0 fully saturated rings. The van der Waals surface area contributed by atoms with E-state index in [1.165, 1.54) is 0 Å². The predicted molar refractivity (Wildman–Crippen MR) is 100 cm³/mol. The average Bonchev–Trinajstić information content (AvgIpc) is 3.04. The molecule has 26 heavy (non-hydrogen) atoms. The second-order valence-corrected chi connectivity index (χ2v) is 5.94. The highest BCUT2D eigenvalue weighted by Crippen LogP contribution is 2.29. The van der Waals surface area contributed by atoms with Crippen LogP contribution in [0.25, 0.3) is 21.8 Å². The summed E-state index contributed by atoms with van der Waals surface area (Å²) in [5.41, 5.74) is 3.25. The van der Waals surface area contributed by atoms with Gasteiger partial charge < -0.3 is 14.5 Å². The van der Waals surface area contributed by atoms with Crippen LogP contribution >= 0.6 is 0 Å². The van der Waals surface area contributed by atoms with Crippen LogP contribution in [0.2, 0.25) is 0 Å². The summed E-state index contributed by atoms with van der Waals surface area (Å²) in [6.45, 7) is 2.60. The summed E-state index contributed by atoms with van der Waals surface area (Å²) < 4.78 is 11.0. The molecule has 2 heterocycles. The first-order valence-corrected chi connectivity index (χ1v) is 8.50. The average molecular weight is 346 g/mol. The van der Waals surface area contributed by atoms with E-state index in [4.69, 9.17) is 9.47 Å². The molecule has 5 nitrogen and oxygen atoms in total. The number of hydrogen-bond acceptors (Lipinski definition) is 4. The van der Waals surface area contributed by atoms with E-state index in [1.54, 1.807) is 19.2 Å². The molecule has 4 aromatic rings. The number of benzene rings is 2. The fourth-order valence-electron chi connectivity index (χ4n) is 2.93. The Morgan fingerprint density at radius 3 is 2.65 bits per heavy atom.